The molecule has 1 aromatic carbocycles. The molecule has 1 aliphatic rings. The zero-order valence-corrected chi connectivity index (χ0v) is 15.8. The Balaban J connectivity index is 1.51. The molecule has 1 aliphatic heterocycles. The summed E-state index contributed by atoms with van der Waals surface area (Å²) in [4.78, 5) is 19.2. The third-order valence-corrected chi connectivity index (χ3v) is 5.07. The number of pyridine rings is 1. The molecule has 1 N–H and O–H groups in total. The number of imidazole rings is 1. The van der Waals surface area contributed by atoms with Crippen molar-refractivity contribution in [2.24, 2.45) is 0 Å². The van der Waals surface area contributed by atoms with Crippen LogP contribution in [0.2, 0.25) is 0 Å². The number of nitrogens with zero attached hydrogens (tertiary/aromatic N) is 3. The molecule has 1 amide bonds. The van der Waals surface area contributed by atoms with Gasteiger partial charge in [-0.3, -0.25) is 4.79 Å². The van der Waals surface area contributed by atoms with E-state index in [-0.39, 0.29) is 11.7 Å². The van der Waals surface area contributed by atoms with Crippen molar-refractivity contribution in [3.8, 4) is 16.9 Å². The predicted molar refractivity (Wildman–Crippen MR) is 105 cm³/mol. The van der Waals surface area contributed by atoms with E-state index in [0.29, 0.717) is 29.2 Å². The van der Waals surface area contributed by atoms with E-state index in [1.165, 1.54) is 25.0 Å². The van der Waals surface area contributed by atoms with Gasteiger partial charge in [-0.05, 0) is 56.3 Å². The first-order valence-corrected chi connectivity index (χ1v) is 9.47. The normalized spacial score (nSPS) is 14.5. The summed E-state index contributed by atoms with van der Waals surface area (Å²) in [6, 6.07) is 8.04. The molecule has 0 radical (unpaired) electrons. The van der Waals surface area contributed by atoms with Gasteiger partial charge in [0.2, 0.25) is 0 Å². The summed E-state index contributed by atoms with van der Waals surface area (Å²) >= 11 is 0. The fourth-order valence-corrected chi connectivity index (χ4v) is 3.59. The van der Waals surface area contributed by atoms with Crippen LogP contribution in [-0.2, 0) is 0 Å². The lowest BCUT2D eigenvalue weighted by molar-refractivity contribution is 0.0945. The number of methoxy groups -OCH3 is 1. The Hall–Kier alpha value is -2.93. The summed E-state index contributed by atoms with van der Waals surface area (Å²) in [5.74, 6) is 0.0631. The number of nitrogens with one attached hydrogen (secondary N) is 1. The molecule has 3 heterocycles. The molecule has 3 aromatic rings. The Morgan fingerprint density at radius 3 is 2.82 bits per heavy atom. The van der Waals surface area contributed by atoms with Gasteiger partial charge in [0.15, 0.2) is 0 Å². The van der Waals surface area contributed by atoms with Crippen LogP contribution in [0.4, 0.5) is 4.39 Å². The molecule has 0 saturated carbocycles. The molecule has 6 nitrogen and oxygen atoms in total. The largest absolute Gasteiger partial charge is 0.496 e. The average molecular weight is 382 g/mol. The monoisotopic (exact) mass is 382 g/mol. The van der Waals surface area contributed by atoms with E-state index < -0.39 is 0 Å². The molecule has 1 fully saturated rings. The first kappa shape index (κ1) is 18.4. The van der Waals surface area contributed by atoms with Crippen LogP contribution >= 0.6 is 0 Å². The molecule has 4 rings (SSSR count). The fourth-order valence-electron chi connectivity index (χ4n) is 3.59. The van der Waals surface area contributed by atoms with Crippen LogP contribution in [0, 0.1) is 5.82 Å². The summed E-state index contributed by atoms with van der Waals surface area (Å²) < 4.78 is 20.8. The summed E-state index contributed by atoms with van der Waals surface area (Å²) in [6.07, 6.45) is 5.98. The minimum absolute atomic E-state index is 0.187. The quantitative estimate of drug-likeness (QED) is 0.712. The minimum atomic E-state index is -0.334. The van der Waals surface area contributed by atoms with E-state index in [9.17, 15) is 9.18 Å². The van der Waals surface area contributed by atoms with Crippen LogP contribution in [0.3, 0.4) is 0 Å². The van der Waals surface area contributed by atoms with Gasteiger partial charge in [-0.1, -0.05) is 0 Å². The van der Waals surface area contributed by atoms with Crippen LogP contribution in [0.5, 0.6) is 5.75 Å². The molecule has 7 heteroatoms. The maximum absolute atomic E-state index is 13.7. The van der Waals surface area contributed by atoms with Gasteiger partial charge >= 0.3 is 0 Å². The Kier molecular flexibility index (Phi) is 5.25. The first-order valence-electron chi connectivity index (χ1n) is 9.47. The highest BCUT2D eigenvalue weighted by molar-refractivity contribution is 5.93. The molecule has 0 unspecified atom stereocenters. The molecular weight excluding hydrogens is 359 g/mol. The zero-order valence-electron chi connectivity index (χ0n) is 15.8. The second kappa shape index (κ2) is 7.98. The van der Waals surface area contributed by atoms with Gasteiger partial charge in [0.05, 0.1) is 7.11 Å². The number of hydrogen-bond donors (Lipinski definition) is 1. The number of carbonyl (C=O) groups excluding carboxylic acids is 1. The van der Waals surface area contributed by atoms with Crippen LogP contribution in [0.25, 0.3) is 16.8 Å². The fraction of sp³-hybridized carbons (Fsp3) is 0.333. The number of hydrogen-bond acceptors (Lipinski definition) is 4. The van der Waals surface area contributed by atoms with Gasteiger partial charge in [-0.25, -0.2) is 9.37 Å². The van der Waals surface area contributed by atoms with Gasteiger partial charge < -0.3 is 19.4 Å². The van der Waals surface area contributed by atoms with E-state index in [0.717, 1.165) is 25.2 Å². The Morgan fingerprint density at radius 1 is 1.21 bits per heavy atom. The van der Waals surface area contributed by atoms with Crippen LogP contribution < -0.4 is 10.1 Å². The lowest BCUT2D eigenvalue weighted by atomic mass is 10.1. The van der Waals surface area contributed by atoms with E-state index in [1.54, 1.807) is 29.8 Å². The highest BCUT2D eigenvalue weighted by atomic mass is 19.1. The minimum Gasteiger partial charge on any atom is -0.496 e. The van der Waals surface area contributed by atoms with Gasteiger partial charge in [-0.2, -0.15) is 0 Å². The Labute approximate surface area is 162 Å². The third-order valence-electron chi connectivity index (χ3n) is 5.07. The highest BCUT2D eigenvalue weighted by Crippen LogP contribution is 2.30. The summed E-state index contributed by atoms with van der Waals surface area (Å²) in [5, 5.41) is 2.93. The van der Waals surface area contributed by atoms with Crippen LogP contribution in [0.15, 0.2) is 42.7 Å². The first-order chi connectivity index (χ1) is 13.6. The van der Waals surface area contributed by atoms with Crippen LogP contribution in [0.1, 0.15) is 23.3 Å². The molecule has 2 aromatic heterocycles. The topological polar surface area (TPSA) is 58.9 Å². The molecule has 0 bridgehead atoms. The molecule has 0 aliphatic carbocycles. The number of aromatic nitrogens is 2. The van der Waals surface area contributed by atoms with E-state index >= 15 is 0 Å². The maximum Gasteiger partial charge on any atom is 0.271 e. The molecule has 1 saturated heterocycles. The van der Waals surface area contributed by atoms with Crippen molar-refractivity contribution in [2.75, 3.05) is 33.3 Å². The predicted octanol–water partition coefficient (Wildman–Crippen LogP) is 2.97. The molecule has 28 heavy (non-hydrogen) atoms. The highest BCUT2D eigenvalue weighted by Gasteiger charge is 2.14. The van der Waals surface area contributed by atoms with E-state index in [4.69, 9.17) is 4.74 Å². The summed E-state index contributed by atoms with van der Waals surface area (Å²) in [7, 11) is 1.55. The molecule has 0 atom stereocenters. The molecular formula is C21H23FN4O2. The standard InChI is InChI=1S/C21H23FN4O2/c1-28-19-6-5-16(22)12-17(19)15-4-7-20-24-18(14-26(20)13-15)21(27)23-8-11-25-9-2-3-10-25/h4-7,12-14H,2-3,8-11H2,1H3,(H,23,27). The summed E-state index contributed by atoms with van der Waals surface area (Å²) in [5.41, 5.74) is 2.45. The Bertz CT molecular complexity index is 995. The van der Waals surface area contributed by atoms with Crippen molar-refractivity contribution in [3.63, 3.8) is 0 Å². The van der Waals surface area contributed by atoms with Crippen molar-refractivity contribution in [1.29, 1.82) is 0 Å². The number of rotatable bonds is 6. The van der Waals surface area contributed by atoms with Gasteiger partial charge in [0.1, 0.15) is 22.9 Å². The van der Waals surface area contributed by atoms with Crippen molar-refractivity contribution >= 4 is 11.6 Å². The number of likely N-dealkylation sites (tertiary alicyclic amines) is 1. The van der Waals surface area contributed by atoms with Crippen molar-refractivity contribution in [2.45, 2.75) is 12.8 Å². The number of halogens is 1. The average Bonchev–Trinajstić information content (AvgIpc) is 3.37. The number of fused-ring (bicyclic) bond motifs is 1. The number of ether oxygens (including phenoxy) is 1. The van der Waals surface area contributed by atoms with Gasteiger partial charge in [-0.15, -0.1) is 0 Å². The van der Waals surface area contributed by atoms with Crippen LogP contribution in [-0.4, -0.2) is 53.5 Å². The number of benzene rings is 1. The summed E-state index contributed by atoms with van der Waals surface area (Å²) in [6.45, 7) is 3.69. The number of carbonyl (C=O) groups is 1. The maximum atomic E-state index is 13.7. The smallest absolute Gasteiger partial charge is 0.271 e. The molecule has 0 spiro atoms. The SMILES string of the molecule is COc1ccc(F)cc1-c1ccc2nc(C(=O)NCCN3CCCC3)cn2c1. The van der Waals surface area contributed by atoms with Crippen molar-refractivity contribution in [1.82, 2.24) is 19.6 Å². The lowest BCUT2D eigenvalue weighted by Crippen LogP contribution is -2.33. The molecule has 146 valence electrons. The zero-order chi connectivity index (χ0) is 19.5. The van der Waals surface area contributed by atoms with Gasteiger partial charge in [0, 0.05) is 36.6 Å². The van der Waals surface area contributed by atoms with E-state index in [2.05, 4.69) is 15.2 Å². The Morgan fingerprint density at radius 2 is 2.04 bits per heavy atom. The second-order valence-electron chi connectivity index (χ2n) is 6.96. The van der Waals surface area contributed by atoms with Crippen molar-refractivity contribution in [3.05, 3.63) is 54.2 Å². The van der Waals surface area contributed by atoms with Gasteiger partial charge in [0.25, 0.3) is 5.91 Å². The van der Waals surface area contributed by atoms with E-state index in [1.807, 2.05) is 12.3 Å². The van der Waals surface area contributed by atoms with Crippen molar-refractivity contribution < 1.29 is 13.9 Å². The number of amides is 1. The second-order valence-corrected chi connectivity index (χ2v) is 6.96. The third kappa shape index (κ3) is 3.84. The lowest BCUT2D eigenvalue weighted by Gasteiger charge is -2.14.